The highest BCUT2D eigenvalue weighted by Crippen LogP contribution is 2.19. The van der Waals surface area contributed by atoms with E-state index < -0.39 is 12.8 Å². The molecular formula is C18H20ClF3N2O2. The molecule has 2 aromatic rings. The van der Waals surface area contributed by atoms with Crippen LogP contribution in [0.4, 0.5) is 18.9 Å². The largest absolute Gasteiger partial charge is 0.484 e. The van der Waals surface area contributed by atoms with Crippen LogP contribution in [0.5, 0.6) is 5.75 Å². The summed E-state index contributed by atoms with van der Waals surface area (Å²) in [5.41, 5.74) is 8.17. The minimum Gasteiger partial charge on any atom is -0.484 e. The van der Waals surface area contributed by atoms with Crippen LogP contribution in [0.1, 0.15) is 17.5 Å². The number of anilines is 1. The number of benzene rings is 2. The van der Waals surface area contributed by atoms with Crippen LogP contribution in [-0.4, -0.2) is 18.7 Å². The van der Waals surface area contributed by atoms with E-state index in [9.17, 15) is 18.0 Å². The van der Waals surface area contributed by atoms with E-state index in [-0.39, 0.29) is 24.1 Å². The summed E-state index contributed by atoms with van der Waals surface area (Å²) in [6, 6.07) is 13.5. The summed E-state index contributed by atoms with van der Waals surface area (Å²) in [5.74, 6) is 0.00704. The Morgan fingerprint density at radius 1 is 1.08 bits per heavy atom. The van der Waals surface area contributed by atoms with Crippen LogP contribution in [0.2, 0.25) is 0 Å². The van der Waals surface area contributed by atoms with Gasteiger partial charge in [0.05, 0.1) is 0 Å². The van der Waals surface area contributed by atoms with Crippen molar-refractivity contribution in [3.63, 3.8) is 0 Å². The lowest BCUT2D eigenvalue weighted by Gasteiger charge is -2.10. The summed E-state index contributed by atoms with van der Waals surface area (Å²) in [5, 5.41) is 2.76. The molecule has 0 fully saturated rings. The highest BCUT2D eigenvalue weighted by Gasteiger charge is 2.28. The number of halogens is 4. The molecule has 0 aromatic heterocycles. The van der Waals surface area contributed by atoms with Gasteiger partial charge < -0.3 is 15.8 Å². The smallest absolute Gasteiger partial charge is 0.422 e. The molecule has 3 N–H and O–H groups in total. The summed E-state index contributed by atoms with van der Waals surface area (Å²) in [6.45, 7) is -1.03. The number of nitrogen functional groups attached to an aromatic ring is 1. The molecule has 0 atom stereocenters. The number of rotatable bonds is 7. The van der Waals surface area contributed by atoms with Gasteiger partial charge in [0.25, 0.3) is 0 Å². The van der Waals surface area contributed by atoms with Crippen LogP contribution >= 0.6 is 12.4 Å². The van der Waals surface area contributed by atoms with Gasteiger partial charge in [-0.3, -0.25) is 4.79 Å². The minimum atomic E-state index is -4.37. The first-order valence-corrected chi connectivity index (χ1v) is 7.72. The zero-order valence-electron chi connectivity index (χ0n) is 13.9. The maximum atomic E-state index is 12.1. The van der Waals surface area contributed by atoms with Crippen LogP contribution in [0.3, 0.4) is 0 Å². The topological polar surface area (TPSA) is 64.4 Å². The van der Waals surface area contributed by atoms with Crippen LogP contribution in [0.15, 0.2) is 48.5 Å². The standard InChI is InChI=1S/C18H19F3N2O2.ClH/c19-18(20,21)12-25-15-8-5-13(6-9-15)11-23-17(24)10-7-14-3-1-2-4-16(14)22;/h1-6,8-9H,7,10-12,22H2,(H,23,24);1H. The molecule has 0 aliphatic heterocycles. The molecule has 0 aliphatic carbocycles. The van der Waals surface area contributed by atoms with Crippen LogP contribution in [0.25, 0.3) is 0 Å². The monoisotopic (exact) mass is 388 g/mol. The highest BCUT2D eigenvalue weighted by molar-refractivity contribution is 5.85. The van der Waals surface area contributed by atoms with Crippen LogP contribution < -0.4 is 15.8 Å². The fraction of sp³-hybridized carbons (Fsp3) is 0.278. The summed E-state index contributed by atoms with van der Waals surface area (Å²) in [6.07, 6.45) is -3.52. The SMILES string of the molecule is Cl.Nc1ccccc1CCC(=O)NCc1ccc(OCC(F)(F)F)cc1. The number of para-hydroxylation sites is 1. The Labute approximate surface area is 155 Å². The third-order valence-corrected chi connectivity index (χ3v) is 3.49. The number of aryl methyl sites for hydroxylation is 1. The van der Waals surface area contributed by atoms with Crippen LogP contribution in [0, 0.1) is 0 Å². The van der Waals surface area contributed by atoms with Crippen molar-refractivity contribution in [2.75, 3.05) is 12.3 Å². The van der Waals surface area contributed by atoms with Gasteiger partial charge in [0.1, 0.15) is 5.75 Å². The van der Waals surface area contributed by atoms with Gasteiger partial charge >= 0.3 is 6.18 Å². The first-order valence-electron chi connectivity index (χ1n) is 7.72. The summed E-state index contributed by atoms with van der Waals surface area (Å²) in [4.78, 5) is 11.9. The fourth-order valence-corrected chi connectivity index (χ4v) is 2.17. The van der Waals surface area contributed by atoms with E-state index in [1.165, 1.54) is 12.1 Å². The predicted molar refractivity (Wildman–Crippen MR) is 96.3 cm³/mol. The Balaban J connectivity index is 0.00000338. The van der Waals surface area contributed by atoms with E-state index in [0.717, 1.165) is 11.1 Å². The molecule has 0 spiro atoms. The summed E-state index contributed by atoms with van der Waals surface area (Å²) in [7, 11) is 0. The number of nitrogens with one attached hydrogen (secondary N) is 1. The molecule has 8 heteroatoms. The van der Waals surface area contributed by atoms with E-state index >= 15 is 0 Å². The van der Waals surface area contributed by atoms with Crippen molar-refractivity contribution in [1.29, 1.82) is 0 Å². The van der Waals surface area contributed by atoms with Crippen molar-refractivity contribution in [2.45, 2.75) is 25.6 Å². The van der Waals surface area contributed by atoms with E-state index in [2.05, 4.69) is 10.1 Å². The second kappa shape index (κ2) is 9.91. The van der Waals surface area contributed by atoms with Gasteiger partial charge in [0, 0.05) is 18.7 Å². The third-order valence-electron chi connectivity index (χ3n) is 3.49. The maximum absolute atomic E-state index is 12.1. The highest BCUT2D eigenvalue weighted by atomic mass is 35.5. The molecule has 0 heterocycles. The lowest BCUT2D eigenvalue weighted by molar-refractivity contribution is -0.153. The van der Waals surface area contributed by atoms with Gasteiger partial charge in [0.15, 0.2) is 6.61 Å². The van der Waals surface area contributed by atoms with Crippen molar-refractivity contribution in [3.8, 4) is 5.75 Å². The zero-order valence-corrected chi connectivity index (χ0v) is 14.7. The summed E-state index contributed by atoms with van der Waals surface area (Å²) >= 11 is 0. The number of hydrogen-bond acceptors (Lipinski definition) is 3. The van der Waals surface area contributed by atoms with E-state index in [4.69, 9.17) is 5.73 Å². The Kier molecular flexibility index (Phi) is 8.25. The van der Waals surface area contributed by atoms with E-state index in [1.54, 1.807) is 18.2 Å². The van der Waals surface area contributed by atoms with Crippen molar-refractivity contribution in [3.05, 3.63) is 59.7 Å². The first-order chi connectivity index (χ1) is 11.8. The lowest BCUT2D eigenvalue weighted by Crippen LogP contribution is -2.23. The Bertz CT molecular complexity index is 706. The van der Waals surface area contributed by atoms with Crippen molar-refractivity contribution in [2.24, 2.45) is 0 Å². The van der Waals surface area contributed by atoms with E-state index in [0.29, 0.717) is 25.1 Å². The quantitative estimate of drug-likeness (QED) is 0.707. The first kappa shape index (κ1) is 21.6. The molecular weight excluding hydrogens is 369 g/mol. The molecule has 0 radical (unpaired) electrons. The Morgan fingerprint density at radius 3 is 2.35 bits per heavy atom. The van der Waals surface area contributed by atoms with Gasteiger partial charge in [-0.05, 0) is 35.7 Å². The van der Waals surface area contributed by atoms with Gasteiger partial charge in [-0.15, -0.1) is 12.4 Å². The second-order valence-corrected chi connectivity index (χ2v) is 5.52. The Hall–Kier alpha value is -2.41. The third kappa shape index (κ3) is 7.65. The summed E-state index contributed by atoms with van der Waals surface area (Å²) < 4.78 is 40.8. The maximum Gasteiger partial charge on any atom is 0.422 e. The number of carbonyl (C=O) groups is 1. The average molecular weight is 389 g/mol. The van der Waals surface area contributed by atoms with Gasteiger partial charge in [-0.25, -0.2) is 0 Å². The normalized spacial score (nSPS) is 10.7. The zero-order chi connectivity index (χ0) is 18.3. The number of alkyl halides is 3. The van der Waals surface area contributed by atoms with Crippen molar-refractivity contribution >= 4 is 24.0 Å². The van der Waals surface area contributed by atoms with Gasteiger partial charge in [0.2, 0.25) is 5.91 Å². The molecule has 0 bridgehead atoms. The van der Waals surface area contributed by atoms with Gasteiger partial charge in [-0.2, -0.15) is 13.2 Å². The predicted octanol–water partition coefficient (Wildman–Crippen LogP) is 3.88. The number of amides is 1. The van der Waals surface area contributed by atoms with Gasteiger partial charge in [-0.1, -0.05) is 30.3 Å². The van der Waals surface area contributed by atoms with Crippen molar-refractivity contribution in [1.82, 2.24) is 5.32 Å². The Morgan fingerprint density at radius 2 is 1.73 bits per heavy atom. The average Bonchev–Trinajstić information content (AvgIpc) is 2.57. The second-order valence-electron chi connectivity index (χ2n) is 5.52. The van der Waals surface area contributed by atoms with Crippen molar-refractivity contribution < 1.29 is 22.7 Å². The van der Waals surface area contributed by atoms with E-state index in [1.807, 2.05) is 18.2 Å². The number of hydrogen-bond donors (Lipinski definition) is 2. The molecule has 4 nitrogen and oxygen atoms in total. The van der Waals surface area contributed by atoms with Crippen LogP contribution in [-0.2, 0) is 17.8 Å². The fourth-order valence-electron chi connectivity index (χ4n) is 2.17. The molecule has 2 rings (SSSR count). The molecule has 0 aliphatic rings. The molecule has 0 saturated heterocycles. The minimum absolute atomic E-state index is 0. The molecule has 2 aromatic carbocycles. The molecule has 1 amide bonds. The molecule has 142 valence electrons. The number of ether oxygens (including phenoxy) is 1. The molecule has 0 unspecified atom stereocenters. The number of nitrogens with two attached hydrogens (primary N) is 1. The molecule has 26 heavy (non-hydrogen) atoms. The molecule has 0 saturated carbocycles. The lowest BCUT2D eigenvalue weighted by atomic mass is 10.1. The number of carbonyl (C=O) groups excluding carboxylic acids is 1.